The smallest absolute Gasteiger partial charge is 0.341 e. The molecule has 3 rings (SSSR count). The monoisotopic (exact) mass is 447 g/mol. The fourth-order valence-electron chi connectivity index (χ4n) is 2.72. The molecular weight excluding hydrogens is 430 g/mol. The summed E-state index contributed by atoms with van der Waals surface area (Å²) in [6.07, 6.45) is 0. The van der Waals surface area contributed by atoms with Crippen LogP contribution in [0.1, 0.15) is 32.6 Å². The highest BCUT2D eigenvalue weighted by Crippen LogP contribution is 2.37. The summed E-state index contributed by atoms with van der Waals surface area (Å²) in [5.41, 5.74) is 1.66. The minimum Gasteiger partial charge on any atom is -0.462 e. The molecule has 11 heteroatoms. The van der Waals surface area contributed by atoms with Crippen molar-refractivity contribution in [3.8, 4) is 11.1 Å². The second-order valence-electron chi connectivity index (χ2n) is 6.17. The van der Waals surface area contributed by atoms with Crippen molar-refractivity contribution < 1.29 is 19.2 Å². The summed E-state index contributed by atoms with van der Waals surface area (Å²) in [6.45, 7) is 3.47. The lowest BCUT2D eigenvalue weighted by Crippen LogP contribution is -2.15. The van der Waals surface area contributed by atoms with Crippen LogP contribution >= 0.6 is 22.7 Å². The molecule has 1 N–H and O–H groups in total. The maximum absolute atomic E-state index is 12.7. The highest BCUT2D eigenvalue weighted by molar-refractivity contribution is 7.15. The van der Waals surface area contributed by atoms with Crippen LogP contribution in [0.2, 0.25) is 0 Å². The van der Waals surface area contributed by atoms with E-state index in [9.17, 15) is 24.5 Å². The third-order valence-electron chi connectivity index (χ3n) is 4.39. The number of ether oxygens (including phenoxy) is 1. The number of thiazole rings is 1. The zero-order valence-corrected chi connectivity index (χ0v) is 17.9. The van der Waals surface area contributed by atoms with Gasteiger partial charge in [0, 0.05) is 35.8 Å². The molecule has 2 aromatic heterocycles. The van der Waals surface area contributed by atoms with Crippen molar-refractivity contribution >= 4 is 45.2 Å². The van der Waals surface area contributed by atoms with Gasteiger partial charge in [0.15, 0.2) is 0 Å². The van der Waals surface area contributed by atoms with Crippen LogP contribution in [0.4, 0.5) is 10.7 Å². The van der Waals surface area contributed by atoms with E-state index in [0.29, 0.717) is 16.8 Å². The first-order valence-electron chi connectivity index (χ1n) is 8.75. The average Bonchev–Trinajstić information content (AvgIpc) is 3.24. The van der Waals surface area contributed by atoms with E-state index in [-0.39, 0.29) is 32.6 Å². The largest absolute Gasteiger partial charge is 0.462 e. The van der Waals surface area contributed by atoms with E-state index in [1.54, 1.807) is 26.3 Å². The highest BCUT2D eigenvalue weighted by Gasteiger charge is 2.25. The van der Waals surface area contributed by atoms with Crippen LogP contribution in [0, 0.1) is 17.0 Å². The lowest BCUT2D eigenvalue weighted by Gasteiger charge is -2.08. The van der Waals surface area contributed by atoms with Crippen LogP contribution in [-0.4, -0.2) is 28.0 Å². The summed E-state index contributed by atoms with van der Waals surface area (Å²) >= 11 is 1.95. The molecule has 0 aliphatic rings. The number of carbonyl (C=O) groups excluding carboxylic acids is 2. The molecule has 0 unspecified atom stereocenters. The molecule has 156 valence electrons. The van der Waals surface area contributed by atoms with Gasteiger partial charge in [-0.1, -0.05) is 11.3 Å². The first kappa shape index (κ1) is 21.4. The molecule has 0 bridgehead atoms. The number of benzene rings is 1. The molecule has 0 saturated carbocycles. The fourth-order valence-corrected chi connectivity index (χ4v) is 4.55. The van der Waals surface area contributed by atoms with Crippen molar-refractivity contribution in [1.29, 1.82) is 0 Å². The normalized spacial score (nSPS) is 10.6. The molecule has 1 aromatic carbocycles. The molecule has 1 amide bonds. The van der Waals surface area contributed by atoms with Crippen LogP contribution in [0.15, 0.2) is 34.4 Å². The summed E-state index contributed by atoms with van der Waals surface area (Å²) in [7, 11) is 1.58. The molecule has 0 atom stereocenters. The van der Waals surface area contributed by atoms with Crippen molar-refractivity contribution in [1.82, 2.24) is 4.57 Å². The van der Waals surface area contributed by atoms with E-state index >= 15 is 0 Å². The summed E-state index contributed by atoms with van der Waals surface area (Å²) in [4.78, 5) is 47.5. The molecule has 0 fully saturated rings. The van der Waals surface area contributed by atoms with Gasteiger partial charge >= 0.3 is 10.8 Å². The van der Waals surface area contributed by atoms with E-state index in [0.717, 1.165) is 22.7 Å². The zero-order valence-electron chi connectivity index (χ0n) is 16.3. The highest BCUT2D eigenvalue weighted by atomic mass is 32.1. The van der Waals surface area contributed by atoms with Crippen molar-refractivity contribution in [2.75, 3.05) is 11.9 Å². The van der Waals surface area contributed by atoms with Gasteiger partial charge < -0.3 is 14.6 Å². The maximum atomic E-state index is 12.7. The van der Waals surface area contributed by atoms with Crippen molar-refractivity contribution in [3.63, 3.8) is 0 Å². The van der Waals surface area contributed by atoms with Gasteiger partial charge in [0.2, 0.25) is 0 Å². The number of aromatic nitrogens is 1. The Morgan fingerprint density at radius 3 is 2.47 bits per heavy atom. The Kier molecular flexibility index (Phi) is 6.13. The first-order chi connectivity index (χ1) is 14.2. The number of nitro groups is 1. The molecule has 0 aliphatic heterocycles. The second kappa shape index (κ2) is 8.59. The molecule has 0 spiro atoms. The molecule has 9 nitrogen and oxygen atoms in total. The van der Waals surface area contributed by atoms with Gasteiger partial charge in [-0.25, -0.2) is 4.79 Å². The summed E-state index contributed by atoms with van der Waals surface area (Å²) in [5.74, 6) is -1.13. The number of nitrogens with one attached hydrogen (secondary N) is 1. The Bertz CT molecular complexity index is 1190. The molecule has 30 heavy (non-hydrogen) atoms. The predicted molar refractivity (Wildman–Crippen MR) is 115 cm³/mol. The second-order valence-corrected chi connectivity index (χ2v) is 8.01. The van der Waals surface area contributed by atoms with E-state index in [2.05, 4.69) is 5.32 Å². The maximum Gasteiger partial charge on any atom is 0.341 e. The van der Waals surface area contributed by atoms with E-state index < -0.39 is 16.8 Å². The Balaban J connectivity index is 2.01. The van der Waals surface area contributed by atoms with Crippen LogP contribution < -0.4 is 10.2 Å². The number of nitrogens with zero attached hydrogens (tertiary/aromatic N) is 2. The fraction of sp³-hybridized carbons (Fsp3) is 0.211. The van der Waals surface area contributed by atoms with Crippen molar-refractivity contribution in [3.05, 3.63) is 65.6 Å². The Morgan fingerprint density at radius 2 is 1.93 bits per heavy atom. The molecule has 0 aliphatic carbocycles. The third kappa shape index (κ3) is 4.02. The number of hydrogen-bond acceptors (Lipinski definition) is 8. The number of carbonyl (C=O) groups is 2. The van der Waals surface area contributed by atoms with Gasteiger partial charge in [0.1, 0.15) is 15.4 Å². The quantitative estimate of drug-likeness (QED) is 0.348. The van der Waals surface area contributed by atoms with E-state index in [1.165, 1.54) is 28.8 Å². The Hall–Kier alpha value is -3.31. The number of anilines is 1. The van der Waals surface area contributed by atoms with Gasteiger partial charge in [0.05, 0.1) is 11.5 Å². The van der Waals surface area contributed by atoms with E-state index in [4.69, 9.17) is 4.74 Å². The lowest BCUT2D eigenvalue weighted by atomic mass is 10.0. The number of nitro benzene ring substituents is 1. The number of non-ortho nitro benzene ring substituents is 1. The van der Waals surface area contributed by atoms with Crippen LogP contribution in [0.25, 0.3) is 11.1 Å². The zero-order chi connectivity index (χ0) is 22.0. The summed E-state index contributed by atoms with van der Waals surface area (Å²) < 4.78 is 6.52. The number of esters is 1. The first-order valence-corrected chi connectivity index (χ1v) is 10.4. The van der Waals surface area contributed by atoms with Gasteiger partial charge in [-0.05, 0) is 31.5 Å². The number of hydrogen-bond donors (Lipinski definition) is 1. The molecular formula is C19H17N3O6S2. The topological polar surface area (TPSA) is 121 Å². The predicted octanol–water partition coefficient (Wildman–Crippen LogP) is 3.82. The third-order valence-corrected chi connectivity index (χ3v) is 6.42. The van der Waals surface area contributed by atoms with Crippen LogP contribution in [0.5, 0.6) is 0 Å². The Morgan fingerprint density at radius 1 is 1.27 bits per heavy atom. The number of rotatable bonds is 6. The van der Waals surface area contributed by atoms with Gasteiger partial charge in [-0.15, -0.1) is 11.3 Å². The number of thiophene rings is 1. The summed E-state index contributed by atoms with van der Waals surface area (Å²) in [5, 5.41) is 15.5. The van der Waals surface area contributed by atoms with E-state index in [1.807, 2.05) is 0 Å². The molecule has 3 aromatic rings. The standard InChI is InChI=1S/C19H17N3O6S2/c1-4-28-18(24)14-13(11-5-7-12(8-6-11)22(26)27)9-29-17(14)20-16(23)15-10(2)21(3)19(25)30-15/h5-9H,4H2,1-3H3,(H,20,23). The minimum atomic E-state index is -0.625. The average molecular weight is 447 g/mol. The SMILES string of the molecule is CCOC(=O)c1c(-c2ccc([N+](=O)[O-])cc2)csc1NC(=O)c1sc(=O)n(C)c1C. The number of amides is 1. The van der Waals surface area contributed by atoms with Gasteiger partial charge in [-0.2, -0.15) is 0 Å². The Labute approximate surface area is 178 Å². The van der Waals surface area contributed by atoms with Crippen molar-refractivity contribution in [2.45, 2.75) is 13.8 Å². The van der Waals surface area contributed by atoms with Crippen LogP contribution in [0.3, 0.4) is 0 Å². The minimum absolute atomic E-state index is 0.0744. The molecule has 0 radical (unpaired) electrons. The van der Waals surface area contributed by atoms with Gasteiger partial charge in [0.25, 0.3) is 11.6 Å². The molecule has 0 saturated heterocycles. The van der Waals surface area contributed by atoms with Gasteiger partial charge in [-0.3, -0.25) is 19.7 Å². The van der Waals surface area contributed by atoms with Crippen molar-refractivity contribution in [2.24, 2.45) is 7.05 Å². The summed E-state index contributed by atoms with van der Waals surface area (Å²) in [6, 6.07) is 5.74. The van der Waals surface area contributed by atoms with Crippen LogP contribution in [-0.2, 0) is 11.8 Å². The lowest BCUT2D eigenvalue weighted by molar-refractivity contribution is -0.384. The molecule has 2 heterocycles.